The van der Waals surface area contributed by atoms with E-state index in [-0.39, 0.29) is 24.3 Å². The van der Waals surface area contributed by atoms with E-state index >= 15 is 0 Å². The molecule has 0 fully saturated rings. The molecule has 7 nitrogen and oxygen atoms in total. The highest BCUT2D eigenvalue weighted by molar-refractivity contribution is 6.14. The molecule has 0 bridgehead atoms. The number of benzene rings is 3. The number of phenolic OH excluding ortho intramolecular Hbond substituents is 1. The van der Waals surface area contributed by atoms with E-state index in [1.54, 1.807) is 36.3 Å². The molecule has 2 aliphatic rings. The summed E-state index contributed by atoms with van der Waals surface area (Å²) in [4.78, 5) is 19.9. The number of carbonyl (C=O) groups excluding carboxylic acids is 1. The van der Waals surface area contributed by atoms with Crippen LogP contribution in [-0.4, -0.2) is 37.5 Å². The maximum Gasteiger partial charge on any atom is 0.261 e. The van der Waals surface area contributed by atoms with Crippen LogP contribution >= 0.6 is 0 Å². The number of anilines is 1. The van der Waals surface area contributed by atoms with E-state index in [1.807, 2.05) is 36.5 Å². The van der Waals surface area contributed by atoms with Crippen molar-refractivity contribution >= 4 is 23.5 Å². The number of hydrogen-bond donors (Lipinski definition) is 1. The fourth-order valence-electron chi connectivity index (χ4n) is 4.43. The normalized spacial score (nSPS) is 16.1. The van der Waals surface area contributed by atoms with Crippen molar-refractivity contribution in [3.05, 3.63) is 76.9 Å². The number of phenols is 1. The molecule has 33 heavy (non-hydrogen) atoms. The van der Waals surface area contributed by atoms with Gasteiger partial charge in [-0.3, -0.25) is 14.7 Å². The lowest BCUT2D eigenvalue weighted by atomic mass is 10.1. The van der Waals surface area contributed by atoms with Crippen LogP contribution in [0.2, 0.25) is 0 Å². The first-order valence-corrected chi connectivity index (χ1v) is 10.7. The Morgan fingerprint density at radius 3 is 2.61 bits per heavy atom. The van der Waals surface area contributed by atoms with Gasteiger partial charge >= 0.3 is 0 Å². The van der Waals surface area contributed by atoms with E-state index in [9.17, 15) is 9.90 Å². The second-order valence-corrected chi connectivity index (χ2v) is 8.10. The van der Waals surface area contributed by atoms with Crippen LogP contribution in [0.1, 0.15) is 27.0 Å². The summed E-state index contributed by atoms with van der Waals surface area (Å²) in [6, 6.07) is 16.4. The molecular formula is C26H24N2O5. The second-order valence-electron chi connectivity index (χ2n) is 8.10. The van der Waals surface area contributed by atoms with Crippen molar-refractivity contribution in [2.24, 2.45) is 4.99 Å². The molecule has 5 rings (SSSR count). The van der Waals surface area contributed by atoms with Crippen molar-refractivity contribution in [2.75, 3.05) is 19.1 Å². The van der Waals surface area contributed by atoms with Crippen LogP contribution in [-0.2, 0) is 24.4 Å². The Hall–Kier alpha value is -3.84. The van der Waals surface area contributed by atoms with E-state index in [0.717, 1.165) is 28.8 Å². The second kappa shape index (κ2) is 8.60. The van der Waals surface area contributed by atoms with Gasteiger partial charge in [-0.05, 0) is 47.0 Å². The van der Waals surface area contributed by atoms with Gasteiger partial charge in [0, 0.05) is 31.5 Å². The van der Waals surface area contributed by atoms with Gasteiger partial charge < -0.3 is 19.3 Å². The Kier molecular flexibility index (Phi) is 5.48. The van der Waals surface area contributed by atoms with Gasteiger partial charge in [0.05, 0.1) is 31.0 Å². The van der Waals surface area contributed by atoms with Crippen molar-refractivity contribution in [1.29, 1.82) is 0 Å². The first-order valence-electron chi connectivity index (χ1n) is 10.7. The molecule has 168 valence electrons. The minimum absolute atomic E-state index is 0.112. The van der Waals surface area contributed by atoms with Crippen molar-refractivity contribution < 1.29 is 24.1 Å². The van der Waals surface area contributed by atoms with Gasteiger partial charge in [0.15, 0.2) is 11.5 Å². The number of nitrogens with zero attached hydrogens (tertiary/aromatic N) is 2. The molecule has 0 aromatic heterocycles. The maximum absolute atomic E-state index is 13.5. The van der Waals surface area contributed by atoms with E-state index < -0.39 is 0 Å². The van der Waals surface area contributed by atoms with Crippen molar-refractivity contribution in [2.45, 2.75) is 25.7 Å². The molecule has 0 radical (unpaired) electrons. The molecule has 2 heterocycles. The van der Waals surface area contributed by atoms with E-state index in [2.05, 4.69) is 4.99 Å². The number of amides is 1. The van der Waals surface area contributed by atoms with Crippen LogP contribution in [0.25, 0.3) is 0 Å². The van der Waals surface area contributed by atoms with Crippen molar-refractivity contribution in [3.8, 4) is 17.2 Å². The zero-order valence-corrected chi connectivity index (χ0v) is 18.4. The first kappa shape index (κ1) is 21.0. The molecule has 2 aliphatic heterocycles. The molecule has 1 amide bonds. The summed E-state index contributed by atoms with van der Waals surface area (Å²) in [6.07, 6.45) is 2.56. The highest BCUT2D eigenvalue weighted by atomic mass is 16.5. The molecule has 0 saturated carbocycles. The number of aliphatic imine (C=N–C) groups is 1. The predicted molar refractivity (Wildman–Crippen MR) is 125 cm³/mol. The minimum atomic E-state index is -0.121. The number of hydrogen-bond acceptors (Lipinski definition) is 6. The zero-order chi connectivity index (χ0) is 22.9. The third kappa shape index (κ3) is 3.91. The van der Waals surface area contributed by atoms with Crippen molar-refractivity contribution in [1.82, 2.24) is 0 Å². The monoisotopic (exact) mass is 444 g/mol. The average molecular weight is 444 g/mol. The number of para-hydroxylation sites is 1. The van der Waals surface area contributed by atoms with Gasteiger partial charge in [0.1, 0.15) is 12.4 Å². The fourth-order valence-corrected chi connectivity index (χ4v) is 4.43. The van der Waals surface area contributed by atoms with E-state index in [1.165, 1.54) is 7.11 Å². The van der Waals surface area contributed by atoms with Crippen LogP contribution < -0.4 is 14.4 Å². The quantitative estimate of drug-likeness (QED) is 0.609. The third-order valence-corrected chi connectivity index (χ3v) is 5.87. The molecule has 0 unspecified atom stereocenters. The van der Waals surface area contributed by atoms with Gasteiger partial charge in [-0.1, -0.05) is 18.2 Å². The van der Waals surface area contributed by atoms with Gasteiger partial charge in [-0.15, -0.1) is 0 Å². The summed E-state index contributed by atoms with van der Waals surface area (Å²) < 4.78 is 16.7. The Balaban J connectivity index is 1.45. The lowest BCUT2D eigenvalue weighted by Gasteiger charge is -2.22. The zero-order valence-electron chi connectivity index (χ0n) is 18.4. The molecule has 0 aliphatic carbocycles. The third-order valence-electron chi connectivity index (χ3n) is 5.87. The summed E-state index contributed by atoms with van der Waals surface area (Å²) in [5, 5.41) is 9.99. The van der Waals surface area contributed by atoms with Gasteiger partial charge in [-0.2, -0.15) is 0 Å². The van der Waals surface area contributed by atoms with E-state index in [4.69, 9.17) is 14.2 Å². The number of aromatic hydroxyl groups is 1. The molecule has 7 heteroatoms. The highest BCUT2D eigenvalue weighted by Gasteiger charge is 2.36. The Bertz CT molecular complexity index is 1250. The molecule has 3 aromatic rings. The number of carbonyl (C=O) groups is 1. The number of fused-ring (bicyclic) bond motifs is 4. The predicted octanol–water partition coefficient (Wildman–Crippen LogP) is 4.41. The van der Waals surface area contributed by atoms with E-state index in [0.29, 0.717) is 29.4 Å². The Labute approximate surface area is 191 Å². The summed E-state index contributed by atoms with van der Waals surface area (Å²) in [7, 11) is 3.14. The molecule has 3 aromatic carbocycles. The molecule has 1 N–H and O–H groups in total. The van der Waals surface area contributed by atoms with Crippen LogP contribution in [0.5, 0.6) is 17.2 Å². The number of ether oxygens (including phenoxy) is 3. The Morgan fingerprint density at radius 2 is 1.82 bits per heavy atom. The summed E-state index contributed by atoms with van der Waals surface area (Å²) in [5.41, 5.74) is 4.70. The molecular weight excluding hydrogens is 420 g/mol. The molecule has 0 spiro atoms. The van der Waals surface area contributed by atoms with Crippen LogP contribution in [0, 0.1) is 0 Å². The summed E-state index contributed by atoms with van der Waals surface area (Å²) in [5.74, 6) is 0.952. The van der Waals surface area contributed by atoms with Crippen molar-refractivity contribution in [3.63, 3.8) is 0 Å². The standard InChI is InChI=1S/C26H24N2O5/c1-31-14-16-7-17(9-20(29)8-16)15-33-25-12-22-21(11-24(25)32-2)26(30)28-19(13-27-22)10-18-5-3-4-6-23(18)28/h3-9,11-13,19,29H,10,14-15H2,1-2H3/t19-/m0/s1. The topological polar surface area (TPSA) is 80.6 Å². The summed E-state index contributed by atoms with van der Waals surface area (Å²) in [6.45, 7) is 0.598. The van der Waals surface area contributed by atoms with Gasteiger partial charge in [-0.25, -0.2) is 0 Å². The largest absolute Gasteiger partial charge is 0.508 e. The fraction of sp³-hybridized carbons (Fsp3) is 0.231. The van der Waals surface area contributed by atoms with Crippen LogP contribution in [0.15, 0.2) is 59.6 Å². The SMILES string of the molecule is COCc1cc(O)cc(COc2cc3c(cc2OC)C(=O)N2c4ccccc4C[C@H]2C=N3)c1. The number of methoxy groups -OCH3 is 2. The smallest absolute Gasteiger partial charge is 0.261 e. The molecule has 1 atom stereocenters. The lowest BCUT2D eigenvalue weighted by Crippen LogP contribution is -2.37. The van der Waals surface area contributed by atoms with Gasteiger partial charge in [0.25, 0.3) is 5.91 Å². The average Bonchev–Trinajstić information content (AvgIpc) is 3.13. The van der Waals surface area contributed by atoms with Crippen LogP contribution in [0.4, 0.5) is 11.4 Å². The number of rotatable bonds is 6. The molecule has 0 saturated heterocycles. The Morgan fingerprint density at radius 1 is 1.03 bits per heavy atom. The van der Waals surface area contributed by atoms with Crippen LogP contribution in [0.3, 0.4) is 0 Å². The summed E-state index contributed by atoms with van der Waals surface area (Å²) >= 11 is 0. The highest BCUT2D eigenvalue weighted by Crippen LogP contribution is 2.41. The maximum atomic E-state index is 13.5. The first-order chi connectivity index (χ1) is 16.1. The lowest BCUT2D eigenvalue weighted by molar-refractivity contribution is 0.0986. The van der Waals surface area contributed by atoms with Gasteiger partial charge in [0.2, 0.25) is 0 Å². The minimum Gasteiger partial charge on any atom is -0.508 e.